The maximum absolute atomic E-state index is 5.89. The van der Waals surface area contributed by atoms with Crippen molar-refractivity contribution >= 4 is 0 Å². The SMILES string of the molecule is CCCNC(CCC1CCCCO1)c1cccc(C)c1C. The first-order chi connectivity index (χ1) is 10.2. The molecule has 1 saturated heterocycles. The van der Waals surface area contributed by atoms with Crippen LogP contribution in [0.3, 0.4) is 0 Å². The summed E-state index contributed by atoms with van der Waals surface area (Å²) in [6.07, 6.45) is 7.83. The average Bonchev–Trinajstić information content (AvgIpc) is 2.52. The van der Waals surface area contributed by atoms with Gasteiger partial charge in [-0.05, 0) is 75.6 Å². The van der Waals surface area contributed by atoms with E-state index in [2.05, 4.69) is 44.3 Å². The van der Waals surface area contributed by atoms with Gasteiger partial charge in [-0.3, -0.25) is 0 Å². The second-order valence-corrected chi connectivity index (χ2v) is 6.36. The van der Waals surface area contributed by atoms with Gasteiger partial charge in [0.05, 0.1) is 6.10 Å². The van der Waals surface area contributed by atoms with E-state index in [0.29, 0.717) is 12.1 Å². The zero-order valence-corrected chi connectivity index (χ0v) is 14.0. The maximum atomic E-state index is 5.89. The summed E-state index contributed by atoms with van der Waals surface area (Å²) in [5.41, 5.74) is 4.31. The quantitative estimate of drug-likeness (QED) is 0.786. The highest BCUT2D eigenvalue weighted by atomic mass is 16.5. The monoisotopic (exact) mass is 289 g/mol. The molecule has 1 aliphatic heterocycles. The summed E-state index contributed by atoms with van der Waals surface area (Å²) in [6.45, 7) is 8.74. The van der Waals surface area contributed by atoms with Crippen LogP contribution in [0.2, 0.25) is 0 Å². The minimum Gasteiger partial charge on any atom is -0.378 e. The van der Waals surface area contributed by atoms with E-state index in [1.165, 1.54) is 55.2 Å². The molecule has 2 atom stereocenters. The molecule has 0 aromatic heterocycles. The molecular weight excluding hydrogens is 258 g/mol. The van der Waals surface area contributed by atoms with E-state index in [-0.39, 0.29) is 0 Å². The van der Waals surface area contributed by atoms with Crippen LogP contribution in [-0.4, -0.2) is 19.3 Å². The van der Waals surface area contributed by atoms with Gasteiger partial charge in [-0.2, -0.15) is 0 Å². The minimum atomic E-state index is 0.468. The smallest absolute Gasteiger partial charge is 0.0575 e. The summed E-state index contributed by atoms with van der Waals surface area (Å²) < 4.78 is 5.89. The molecule has 0 radical (unpaired) electrons. The number of benzene rings is 1. The lowest BCUT2D eigenvalue weighted by Gasteiger charge is -2.26. The van der Waals surface area contributed by atoms with Crippen LogP contribution in [0.5, 0.6) is 0 Å². The molecule has 0 amide bonds. The van der Waals surface area contributed by atoms with E-state index in [4.69, 9.17) is 4.74 Å². The van der Waals surface area contributed by atoms with Crippen LogP contribution in [0.1, 0.15) is 68.2 Å². The Labute approximate surface area is 130 Å². The van der Waals surface area contributed by atoms with Gasteiger partial charge in [0.2, 0.25) is 0 Å². The highest BCUT2D eigenvalue weighted by molar-refractivity contribution is 5.35. The van der Waals surface area contributed by atoms with Crippen molar-refractivity contribution in [3.05, 3.63) is 34.9 Å². The largest absolute Gasteiger partial charge is 0.378 e. The summed E-state index contributed by atoms with van der Waals surface area (Å²) in [4.78, 5) is 0. The number of ether oxygens (including phenoxy) is 1. The summed E-state index contributed by atoms with van der Waals surface area (Å²) in [7, 11) is 0. The van der Waals surface area contributed by atoms with Crippen LogP contribution in [-0.2, 0) is 4.74 Å². The van der Waals surface area contributed by atoms with Crippen LogP contribution in [0.4, 0.5) is 0 Å². The van der Waals surface area contributed by atoms with Crippen LogP contribution in [0, 0.1) is 13.8 Å². The Morgan fingerprint density at radius 2 is 2.14 bits per heavy atom. The third-order valence-electron chi connectivity index (χ3n) is 4.71. The number of rotatable bonds is 7. The second kappa shape index (κ2) is 8.55. The summed E-state index contributed by atoms with van der Waals surface area (Å²) in [5.74, 6) is 0. The average molecular weight is 289 g/mol. The van der Waals surface area contributed by atoms with Crippen molar-refractivity contribution in [2.75, 3.05) is 13.2 Å². The first-order valence-electron chi connectivity index (χ1n) is 8.63. The van der Waals surface area contributed by atoms with E-state index in [1.54, 1.807) is 0 Å². The highest BCUT2D eigenvalue weighted by Gasteiger charge is 2.19. The molecule has 1 aliphatic rings. The molecular formula is C19H31NO. The molecule has 1 heterocycles. The summed E-state index contributed by atoms with van der Waals surface area (Å²) in [6, 6.07) is 7.16. The number of aryl methyl sites for hydroxylation is 1. The lowest BCUT2D eigenvalue weighted by atomic mass is 9.92. The maximum Gasteiger partial charge on any atom is 0.0575 e. The van der Waals surface area contributed by atoms with Crippen molar-refractivity contribution in [2.45, 2.75) is 71.4 Å². The summed E-state index contributed by atoms with van der Waals surface area (Å²) in [5, 5.41) is 3.74. The van der Waals surface area contributed by atoms with Gasteiger partial charge in [0, 0.05) is 12.6 Å². The van der Waals surface area contributed by atoms with Gasteiger partial charge in [0.15, 0.2) is 0 Å². The van der Waals surface area contributed by atoms with Gasteiger partial charge in [0.1, 0.15) is 0 Å². The normalized spacial score (nSPS) is 20.4. The van der Waals surface area contributed by atoms with Crippen molar-refractivity contribution in [2.24, 2.45) is 0 Å². The van der Waals surface area contributed by atoms with Gasteiger partial charge in [-0.25, -0.2) is 0 Å². The molecule has 2 nitrogen and oxygen atoms in total. The van der Waals surface area contributed by atoms with Crippen molar-refractivity contribution in [3.63, 3.8) is 0 Å². The fourth-order valence-electron chi connectivity index (χ4n) is 3.23. The first kappa shape index (κ1) is 16.5. The van der Waals surface area contributed by atoms with E-state index in [9.17, 15) is 0 Å². The molecule has 0 saturated carbocycles. The minimum absolute atomic E-state index is 0.468. The molecule has 0 bridgehead atoms. The first-order valence-corrected chi connectivity index (χ1v) is 8.63. The predicted octanol–water partition coefficient (Wildman–Crippen LogP) is 4.69. The van der Waals surface area contributed by atoms with Crippen molar-refractivity contribution in [1.82, 2.24) is 5.32 Å². The van der Waals surface area contributed by atoms with Gasteiger partial charge in [-0.1, -0.05) is 25.1 Å². The zero-order chi connectivity index (χ0) is 15.1. The van der Waals surface area contributed by atoms with Crippen LogP contribution in [0.25, 0.3) is 0 Å². The van der Waals surface area contributed by atoms with E-state index in [1.807, 2.05) is 0 Å². The Balaban J connectivity index is 2.01. The van der Waals surface area contributed by atoms with Gasteiger partial charge < -0.3 is 10.1 Å². The third-order valence-corrected chi connectivity index (χ3v) is 4.71. The Hall–Kier alpha value is -0.860. The highest BCUT2D eigenvalue weighted by Crippen LogP contribution is 2.27. The van der Waals surface area contributed by atoms with E-state index in [0.717, 1.165) is 13.2 Å². The Morgan fingerprint density at radius 1 is 1.29 bits per heavy atom. The van der Waals surface area contributed by atoms with Crippen LogP contribution in [0.15, 0.2) is 18.2 Å². The second-order valence-electron chi connectivity index (χ2n) is 6.36. The summed E-state index contributed by atoms with van der Waals surface area (Å²) >= 11 is 0. The zero-order valence-electron chi connectivity index (χ0n) is 14.0. The third kappa shape index (κ3) is 4.82. The topological polar surface area (TPSA) is 21.3 Å². The lowest BCUT2D eigenvalue weighted by molar-refractivity contribution is 0.00853. The molecule has 1 fully saturated rings. The van der Waals surface area contributed by atoms with E-state index >= 15 is 0 Å². The van der Waals surface area contributed by atoms with Crippen molar-refractivity contribution in [1.29, 1.82) is 0 Å². The van der Waals surface area contributed by atoms with Crippen molar-refractivity contribution < 1.29 is 4.74 Å². The molecule has 21 heavy (non-hydrogen) atoms. The Morgan fingerprint density at radius 3 is 2.86 bits per heavy atom. The molecule has 1 aromatic rings. The molecule has 2 heteroatoms. The molecule has 0 aliphatic carbocycles. The Kier molecular flexibility index (Phi) is 6.72. The van der Waals surface area contributed by atoms with Gasteiger partial charge in [-0.15, -0.1) is 0 Å². The predicted molar refractivity (Wildman–Crippen MR) is 89.8 cm³/mol. The standard InChI is InChI=1S/C19H31NO/c1-4-13-20-19(12-11-17-9-5-6-14-21-17)18-10-7-8-15(2)16(18)3/h7-8,10,17,19-20H,4-6,9,11-14H2,1-3H3. The fraction of sp³-hybridized carbons (Fsp3) is 0.684. The van der Waals surface area contributed by atoms with Crippen LogP contribution < -0.4 is 5.32 Å². The number of nitrogens with one attached hydrogen (secondary N) is 1. The molecule has 0 spiro atoms. The molecule has 2 rings (SSSR count). The Bertz CT molecular complexity index is 424. The number of hydrogen-bond acceptors (Lipinski definition) is 2. The molecule has 1 aromatic carbocycles. The van der Waals surface area contributed by atoms with Crippen molar-refractivity contribution in [3.8, 4) is 0 Å². The number of hydrogen-bond donors (Lipinski definition) is 1. The molecule has 2 unspecified atom stereocenters. The van der Waals surface area contributed by atoms with Crippen LogP contribution >= 0.6 is 0 Å². The fourth-order valence-corrected chi connectivity index (χ4v) is 3.23. The molecule has 1 N–H and O–H groups in total. The van der Waals surface area contributed by atoms with Gasteiger partial charge >= 0.3 is 0 Å². The van der Waals surface area contributed by atoms with E-state index < -0.39 is 0 Å². The lowest BCUT2D eigenvalue weighted by Crippen LogP contribution is -2.26. The molecule has 118 valence electrons. The van der Waals surface area contributed by atoms with Gasteiger partial charge in [0.25, 0.3) is 0 Å².